The van der Waals surface area contributed by atoms with E-state index in [1.165, 1.54) is 21.6 Å². The zero-order valence-electron chi connectivity index (χ0n) is 12.0. The highest BCUT2D eigenvalue weighted by molar-refractivity contribution is 9.10. The first kappa shape index (κ1) is 14.9. The van der Waals surface area contributed by atoms with Crippen molar-refractivity contribution in [2.75, 3.05) is 12.9 Å². The molecule has 1 heterocycles. The van der Waals surface area contributed by atoms with Gasteiger partial charge in [-0.3, -0.25) is 0 Å². The number of fused-ring (bicyclic) bond motifs is 1. The van der Waals surface area contributed by atoms with Crippen molar-refractivity contribution in [3.63, 3.8) is 0 Å². The minimum absolute atomic E-state index is 0.801. The average Bonchev–Trinajstić information content (AvgIpc) is 2.96. The van der Waals surface area contributed by atoms with E-state index in [0.717, 1.165) is 36.3 Å². The molecule has 21 heavy (non-hydrogen) atoms. The highest BCUT2D eigenvalue weighted by atomic mass is 79.9. The number of hydrogen-bond acceptors (Lipinski definition) is 3. The van der Waals surface area contributed by atoms with Crippen LogP contribution in [-0.4, -0.2) is 12.9 Å². The van der Waals surface area contributed by atoms with Gasteiger partial charge in [-0.1, -0.05) is 28.1 Å². The fourth-order valence-corrected chi connectivity index (χ4v) is 3.52. The average molecular weight is 364 g/mol. The number of rotatable bonds is 5. The van der Waals surface area contributed by atoms with Crippen molar-refractivity contribution in [1.82, 2.24) is 5.32 Å². The quantitative estimate of drug-likeness (QED) is 0.795. The third-order valence-electron chi connectivity index (χ3n) is 3.63. The van der Waals surface area contributed by atoms with Gasteiger partial charge in [0.05, 0.1) is 6.61 Å². The van der Waals surface area contributed by atoms with Crippen LogP contribution < -0.4 is 10.1 Å². The molecule has 0 spiro atoms. The molecule has 0 atom stereocenters. The summed E-state index contributed by atoms with van der Waals surface area (Å²) in [7, 11) is 0. The van der Waals surface area contributed by atoms with Crippen molar-refractivity contribution in [2.45, 2.75) is 24.4 Å². The van der Waals surface area contributed by atoms with Crippen LogP contribution in [0.2, 0.25) is 0 Å². The fraction of sp³-hybridized carbons (Fsp3) is 0.294. The van der Waals surface area contributed by atoms with E-state index >= 15 is 0 Å². The third-order valence-corrected chi connectivity index (χ3v) is 4.83. The van der Waals surface area contributed by atoms with E-state index in [1.807, 2.05) is 0 Å². The van der Waals surface area contributed by atoms with Gasteiger partial charge in [0.15, 0.2) is 0 Å². The van der Waals surface area contributed by atoms with Crippen molar-refractivity contribution in [1.29, 1.82) is 0 Å². The predicted octanol–water partition coefficient (Wildman–Crippen LogP) is 4.40. The Bertz CT molecular complexity index is 627. The second-order valence-electron chi connectivity index (χ2n) is 5.10. The highest BCUT2D eigenvalue weighted by Gasteiger charge is 2.16. The molecule has 2 aromatic rings. The van der Waals surface area contributed by atoms with Crippen LogP contribution in [0.15, 0.2) is 45.8 Å². The van der Waals surface area contributed by atoms with Gasteiger partial charge < -0.3 is 10.1 Å². The maximum Gasteiger partial charge on any atom is 0.127 e. The molecule has 0 amide bonds. The van der Waals surface area contributed by atoms with E-state index in [0.29, 0.717) is 0 Å². The van der Waals surface area contributed by atoms with Gasteiger partial charge in [0, 0.05) is 34.4 Å². The second kappa shape index (κ2) is 6.86. The first-order valence-electron chi connectivity index (χ1n) is 7.04. The van der Waals surface area contributed by atoms with Crippen LogP contribution in [0.3, 0.4) is 0 Å². The molecule has 0 aromatic heterocycles. The summed E-state index contributed by atoms with van der Waals surface area (Å²) < 4.78 is 6.89. The molecular formula is C17H18BrNOS. The monoisotopic (exact) mass is 363 g/mol. The van der Waals surface area contributed by atoms with Crippen LogP contribution in [0.1, 0.15) is 16.7 Å². The van der Waals surface area contributed by atoms with Gasteiger partial charge in [0.1, 0.15) is 5.75 Å². The Kier molecular flexibility index (Phi) is 4.88. The summed E-state index contributed by atoms with van der Waals surface area (Å²) in [5.41, 5.74) is 3.85. The van der Waals surface area contributed by atoms with Crippen molar-refractivity contribution in [3.8, 4) is 5.75 Å². The number of thioether (sulfide) groups is 1. The summed E-state index contributed by atoms with van der Waals surface area (Å²) in [6, 6.07) is 13.0. The van der Waals surface area contributed by atoms with Crippen LogP contribution in [0.4, 0.5) is 0 Å². The molecule has 0 fully saturated rings. The second-order valence-corrected chi connectivity index (χ2v) is 6.90. The van der Waals surface area contributed by atoms with Crippen LogP contribution >= 0.6 is 27.7 Å². The number of benzene rings is 2. The maximum absolute atomic E-state index is 5.75. The molecule has 0 radical (unpaired) electrons. The van der Waals surface area contributed by atoms with E-state index in [4.69, 9.17) is 4.74 Å². The van der Waals surface area contributed by atoms with Crippen LogP contribution in [0.25, 0.3) is 0 Å². The summed E-state index contributed by atoms with van der Waals surface area (Å²) in [6.45, 7) is 2.50. The topological polar surface area (TPSA) is 21.3 Å². The van der Waals surface area contributed by atoms with E-state index < -0.39 is 0 Å². The van der Waals surface area contributed by atoms with E-state index in [2.05, 4.69) is 63.9 Å². The molecule has 3 rings (SSSR count). The molecule has 0 saturated heterocycles. The van der Waals surface area contributed by atoms with Crippen molar-refractivity contribution < 1.29 is 4.74 Å². The molecule has 110 valence electrons. The van der Waals surface area contributed by atoms with E-state index in [-0.39, 0.29) is 0 Å². The Morgan fingerprint density at radius 2 is 2.00 bits per heavy atom. The smallest absolute Gasteiger partial charge is 0.127 e. The minimum Gasteiger partial charge on any atom is -0.493 e. The van der Waals surface area contributed by atoms with Crippen LogP contribution in [0.5, 0.6) is 5.75 Å². The first-order chi connectivity index (χ1) is 10.3. The fourth-order valence-electron chi connectivity index (χ4n) is 2.56. The molecular weight excluding hydrogens is 346 g/mol. The van der Waals surface area contributed by atoms with Gasteiger partial charge in [0.2, 0.25) is 0 Å². The normalized spacial score (nSPS) is 13.0. The van der Waals surface area contributed by atoms with Gasteiger partial charge >= 0.3 is 0 Å². The minimum atomic E-state index is 0.801. The van der Waals surface area contributed by atoms with Crippen LogP contribution in [0, 0.1) is 0 Å². The summed E-state index contributed by atoms with van der Waals surface area (Å²) in [5, 5.41) is 3.50. The zero-order chi connectivity index (χ0) is 14.7. The molecule has 1 aliphatic heterocycles. The largest absolute Gasteiger partial charge is 0.493 e. The first-order valence-corrected chi connectivity index (χ1v) is 9.06. The SMILES string of the molecule is CSc1ccc(CNCc2cc(Br)cc3c2OCC3)cc1. The van der Waals surface area contributed by atoms with Gasteiger partial charge in [-0.2, -0.15) is 0 Å². The Morgan fingerprint density at radius 1 is 1.19 bits per heavy atom. The Morgan fingerprint density at radius 3 is 2.76 bits per heavy atom. The predicted molar refractivity (Wildman–Crippen MR) is 92.1 cm³/mol. The van der Waals surface area contributed by atoms with Crippen molar-refractivity contribution >= 4 is 27.7 Å². The molecule has 1 N–H and O–H groups in total. The van der Waals surface area contributed by atoms with Crippen molar-refractivity contribution in [2.24, 2.45) is 0 Å². The lowest BCUT2D eigenvalue weighted by molar-refractivity contribution is 0.352. The Labute approximate surface area is 138 Å². The highest BCUT2D eigenvalue weighted by Crippen LogP contribution is 2.32. The lowest BCUT2D eigenvalue weighted by atomic mass is 10.1. The molecule has 0 bridgehead atoms. The summed E-state index contributed by atoms with van der Waals surface area (Å²) >= 11 is 5.35. The number of ether oxygens (including phenoxy) is 1. The molecule has 2 nitrogen and oxygen atoms in total. The molecule has 2 aromatic carbocycles. The number of hydrogen-bond donors (Lipinski definition) is 1. The molecule has 1 aliphatic rings. The molecule has 0 saturated carbocycles. The zero-order valence-corrected chi connectivity index (χ0v) is 14.4. The molecule has 0 unspecified atom stereocenters. The summed E-state index contributed by atoms with van der Waals surface area (Å²) in [5.74, 6) is 1.07. The van der Waals surface area contributed by atoms with Crippen molar-refractivity contribution in [3.05, 3.63) is 57.6 Å². The standard InChI is InChI=1S/C17H18BrNOS/c1-21-16-4-2-12(3-5-16)10-19-11-14-9-15(18)8-13-6-7-20-17(13)14/h2-5,8-9,19H,6-7,10-11H2,1H3. The number of nitrogens with one attached hydrogen (secondary N) is 1. The number of halogens is 1. The van der Waals surface area contributed by atoms with Gasteiger partial charge in [-0.05, 0) is 41.6 Å². The lowest BCUT2D eigenvalue weighted by Gasteiger charge is -2.10. The Hall–Kier alpha value is -0.970. The summed E-state index contributed by atoms with van der Waals surface area (Å²) in [4.78, 5) is 1.30. The lowest BCUT2D eigenvalue weighted by Crippen LogP contribution is -2.13. The van der Waals surface area contributed by atoms with Gasteiger partial charge in [-0.25, -0.2) is 0 Å². The summed E-state index contributed by atoms with van der Waals surface area (Å²) in [6.07, 6.45) is 3.11. The molecule has 4 heteroatoms. The van der Waals surface area contributed by atoms with Crippen LogP contribution in [-0.2, 0) is 19.5 Å². The van der Waals surface area contributed by atoms with Gasteiger partial charge in [-0.15, -0.1) is 11.8 Å². The van der Waals surface area contributed by atoms with E-state index in [1.54, 1.807) is 11.8 Å². The third kappa shape index (κ3) is 3.62. The van der Waals surface area contributed by atoms with Gasteiger partial charge in [0.25, 0.3) is 0 Å². The Balaban J connectivity index is 1.63. The van der Waals surface area contributed by atoms with E-state index in [9.17, 15) is 0 Å². The molecule has 0 aliphatic carbocycles. The maximum atomic E-state index is 5.75.